The molecule has 168 valence electrons. The molecule has 0 radical (unpaired) electrons. The summed E-state index contributed by atoms with van der Waals surface area (Å²) in [5.74, 6) is -2.54. The molecular formula is C22H18ClF2N7O. The van der Waals surface area contributed by atoms with Gasteiger partial charge < -0.3 is 4.90 Å². The minimum Gasteiger partial charge on any atom is -0.329 e. The highest BCUT2D eigenvalue weighted by atomic mass is 35.5. The first-order chi connectivity index (χ1) is 15.8. The molecule has 4 heterocycles. The Kier molecular flexibility index (Phi) is 5.16. The van der Waals surface area contributed by atoms with Crippen molar-refractivity contribution >= 4 is 17.5 Å². The number of amides is 1. The average Bonchev–Trinajstić information content (AvgIpc) is 3.41. The first-order valence-electron chi connectivity index (χ1n) is 10.2. The number of aromatic nitrogens is 6. The molecule has 2 atom stereocenters. The zero-order valence-corrected chi connectivity index (χ0v) is 18.4. The molecule has 1 aromatic carbocycles. The van der Waals surface area contributed by atoms with Crippen LogP contribution in [-0.4, -0.2) is 47.1 Å². The van der Waals surface area contributed by atoms with E-state index >= 15 is 0 Å². The maximum absolute atomic E-state index is 14.1. The number of rotatable bonds is 3. The summed E-state index contributed by atoms with van der Waals surface area (Å²) < 4.78 is 29.9. The molecule has 11 heteroatoms. The molecule has 1 amide bonds. The molecule has 3 aromatic heterocycles. The molecule has 1 aliphatic rings. The standard InChI is InChI=1S/C22H18ClF2N7O/c1-12-14-5-3-4-6-15(14)17(16-9-27-30(2)20(16)23)10-31(12)22(33)19-11-32(29-28-19)21-18(25)7-13(24)8-26-21/h3-9,11-12,17H,10H2,1-2H3/t12-,17-/m0/s1. The first-order valence-corrected chi connectivity index (χ1v) is 10.5. The van der Waals surface area contributed by atoms with Crippen LogP contribution in [0.1, 0.15) is 46.1 Å². The van der Waals surface area contributed by atoms with Crippen molar-refractivity contribution in [3.05, 3.63) is 88.1 Å². The van der Waals surface area contributed by atoms with Crippen LogP contribution in [0.4, 0.5) is 8.78 Å². The van der Waals surface area contributed by atoms with Gasteiger partial charge in [0.05, 0.1) is 24.6 Å². The smallest absolute Gasteiger partial charge is 0.276 e. The maximum atomic E-state index is 14.1. The van der Waals surface area contributed by atoms with Crippen molar-refractivity contribution in [3.63, 3.8) is 0 Å². The fraction of sp³-hybridized carbons (Fsp3) is 0.227. The summed E-state index contributed by atoms with van der Waals surface area (Å²) in [5.41, 5.74) is 2.89. The number of pyridine rings is 1. The van der Waals surface area contributed by atoms with Gasteiger partial charge in [-0.25, -0.2) is 13.8 Å². The van der Waals surface area contributed by atoms with E-state index in [9.17, 15) is 13.6 Å². The van der Waals surface area contributed by atoms with Crippen LogP contribution in [-0.2, 0) is 7.05 Å². The van der Waals surface area contributed by atoms with Gasteiger partial charge in [0.1, 0.15) is 11.0 Å². The van der Waals surface area contributed by atoms with Crippen molar-refractivity contribution in [1.82, 2.24) is 34.7 Å². The van der Waals surface area contributed by atoms with Crippen LogP contribution in [0.15, 0.2) is 48.9 Å². The summed E-state index contributed by atoms with van der Waals surface area (Å²) in [4.78, 5) is 18.8. The highest BCUT2D eigenvalue weighted by Crippen LogP contribution is 2.41. The number of aryl methyl sites for hydroxylation is 1. The number of benzene rings is 1. The van der Waals surface area contributed by atoms with Gasteiger partial charge in [-0.1, -0.05) is 41.1 Å². The third-order valence-electron chi connectivity index (χ3n) is 5.91. The topological polar surface area (TPSA) is 81.7 Å². The molecular weight excluding hydrogens is 452 g/mol. The van der Waals surface area contributed by atoms with Gasteiger partial charge in [-0.15, -0.1) is 5.10 Å². The van der Waals surface area contributed by atoms with Crippen molar-refractivity contribution in [1.29, 1.82) is 0 Å². The van der Waals surface area contributed by atoms with Crippen LogP contribution in [0.5, 0.6) is 0 Å². The van der Waals surface area contributed by atoms with Gasteiger partial charge >= 0.3 is 0 Å². The van der Waals surface area contributed by atoms with E-state index in [2.05, 4.69) is 20.4 Å². The van der Waals surface area contributed by atoms with E-state index in [1.165, 1.54) is 6.20 Å². The molecule has 0 spiro atoms. The van der Waals surface area contributed by atoms with Gasteiger partial charge in [0.2, 0.25) is 0 Å². The van der Waals surface area contributed by atoms with E-state index < -0.39 is 11.6 Å². The molecule has 0 N–H and O–H groups in total. The molecule has 5 rings (SSSR count). The predicted molar refractivity (Wildman–Crippen MR) is 115 cm³/mol. The normalized spacial score (nSPS) is 17.8. The summed E-state index contributed by atoms with van der Waals surface area (Å²) in [6, 6.07) is 8.33. The van der Waals surface area contributed by atoms with Crippen molar-refractivity contribution in [2.75, 3.05) is 6.54 Å². The quantitative estimate of drug-likeness (QED) is 0.457. The van der Waals surface area contributed by atoms with Gasteiger partial charge in [0.25, 0.3) is 5.91 Å². The summed E-state index contributed by atoms with van der Waals surface area (Å²) in [7, 11) is 1.76. The van der Waals surface area contributed by atoms with Gasteiger partial charge in [-0.2, -0.15) is 9.78 Å². The van der Waals surface area contributed by atoms with Crippen LogP contribution in [0.25, 0.3) is 5.82 Å². The Labute approximate surface area is 192 Å². The molecule has 4 aromatic rings. The third-order valence-corrected chi connectivity index (χ3v) is 6.38. The largest absolute Gasteiger partial charge is 0.329 e. The second-order valence-corrected chi connectivity index (χ2v) is 8.19. The zero-order chi connectivity index (χ0) is 23.3. The number of hydrogen-bond acceptors (Lipinski definition) is 5. The minimum absolute atomic E-state index is 0.0165. The van der Waals surface area contributed by atoms with Crippen LogP contribution < -0.4 is 0 Å². The lowest BCUT2D eigenvalue weighted by Crippen LogP contribution is -2.41. The second-order valence-electron chi connectivity index (χ2n) is 7.84. The van der Waals surface area contributed by atoms with E-state index in [1.807, 2.05) is 31.2 Å². The highest BCUT2D eigenvalue weighted by molar-refractivity contribution is 6.30. The Morgan fingerprint density at radius 1 is 1.15 bits per heavy atom. The molecule has 0 saturated carbocycles. The summed E-state index contributed by atoms with van der Waals surface area (Å²) in [5, 5.41) is 12.5. The molecule has 0 unspecified atom stereocenters. The molecule has 0 fully saturated rings. The lowest BCUT2D eigenvalue weighted by atomic mass is 9.82. The van der Waals surface area contributed by atoms with Gasteiger partial charge in [0, 0.05) is 31.1 Å². The predicted octanol–water partition coefficient (Wildman–Crippen LogP) is 3.68. The number of nitrogens with zero attached hydrogens (tertiary/aromatic N) is 7. The Hall–Kier alpha value is -3.66. The lowest BCUT2D eigenvalue weighted by molar-refractivity contribution is 0.0659. The number of halogens is 3. The number of hydrogen-bond donors (Lipinski definition) is 0. The third kappa shape index (κ3) is 3.56. The summed E-state index contributed by atoms with van der Waals surface area (Å²) in [6.07, 6.45) is 3.86. The van der Waals surface area contributed by atoms with E-state index in [4.69, 9.17) is 11.6 Å². The monoisotopic (exact) mass is 469 g/mol. The van der Waals surface area contributed by atoms with Crippen molar-refractivity contribution in [3.8, 4) is 5.82 Å². The van der Waals surface area contributed by atoms with E-state index in [1.54, 1.807) is 22.8 Å². The van der Waals surface area contributed by atoms with E-state index in [0.29, 0.717) is 17.8 Å². The zero-order valence-electron chi connectivity index (χ0n) is 17.7. The van der Waals surface area contributed by atoms with Gasteiger partial charge in [-0.05, 0) is 18.1 Å². The maximum Gasteiger partial charge on any atom is 0.276 e. The van der Waals surface area contributed by atoms with Crippen molar-refractivity contribution in [2.24, 2.45) is 7.05 Å². The number of fused-ring (bicyclic) bond motifs is 1. The summed E-state index contributed by atoms with van der Waals surface area (Å²) >= 11 is 6.49. The molecule has 0 aliphatic carbocycles. The molecule has 33 heavy (non-hydrogen) atoms. The fourth-order valence-electron chi connectivity index (χ4n) is 4.22. The summed E-state index contributed by atoms with van der Waals surface area (Å²) in [6.45, 7) is 2.28. The molecule has 1 aliphatic heterocycles. The second kappa shape index (κ2) is 8.04. The minimum atomic E-state index is -0.912. The van der Waals surface area contributed by atoms with E-state index in [-0.39, 0.29) is 29.4 Å². The Morgan fingerprint density at radius 2 is 1.91 bits per heavy atom. The SMILES string of the molecule is C[C@H]1c2ccccc2[C@@H](c2cnn(C)c2Cl)CN1C(=O)c1cn(-c2ncc(F)cc2F)nn1. The fourth-order valence-corrected chi connectivity index (χ4v) is 4.44. The van der Waals surface area contributed by atoms with E-state index in [0.717, 1.165) is 27.6 Å². The number of carbonyl (C=O) groups excluding carboxylic acids is 1. The number of carbonyl (C=O) groups is 1. The Balaban J connectivity index is 1.51. The first kappa shape index (κ1) is 21.2. The van der Waals surface area contributed by atoms with Crippen LogP contribution in [0.2, 0.25) is 5.15 Å². The molecule has 0 bridgehead atoms. The van der Waals surface area contributed by atoms with Gasteiger partial charge in [0.15, 0.2) is 17.3 Å². The van der Waals surface area contributed by atoms with Crippen LogP contribution >= 0.6 is 11.6 Å². The van der Waals surface area contributed by atoms with Crippen LogP contribution in [0.3, 0.4) is 0 Å². The van der Waals surface area contributed by atoms with Crippen molar-refractivity contribution < 1.29 is 13.6 Å². The molecule has 0 saturated heterocycles. The lowest BCUT2D eigenvalue weighted by Gasteiger charge is -2.39. The van der Waals surface area contributed by atoms with Crippen LogP contribution in [0, 0.1) is 11.6 Å². The van der Waals surface area contributed by atoms with Crippen molar-refractivity contribution in [2.45, 2.75) is 18.9 Å². The van der Waals surface area contributed by atoms with Gasteiger partial charge in [-0.3, -0.25) is 9.48 Å². The Morgan fingerprint density at radius 3 is 2.61 bits per heavy atom. The highest BCUT2D eigenvalue weighted by Gasteiger charge is 2.36. The average molecular weight is 470 g/mol. The Bertz CT molecular complexity index is 1370. The molecule has 8 nitrogen and oxygen atoms in total.